The maximum Gasteiger partial charge on any atom is 0.309 e. The number of nitrogens with zero attached hydrogens (tertiary/aromatic N) is 2. The van der Waals surface area contributed by atoms with Crippen LogP contribution >= 0.6 is 15.9 Å². The molecule has 2 aromatic heterocycles. The fourth-order valence-electron chi connectivity index (χ4n) is 1.87. The van der Waals surface area contributed by atoms with Gasteiger partial charge in [-0.1, -0.05) is 15.9 Å². The van der Waals surface area contributed by atoms with Crippen molar-refractivity contribution in [2.24, 2.45) is 0 Å². The second-order valence-electron chi connectivity index (χ2n) is 3.79. The molecule has 0 unspecified atom stereocenters. The summed E-state index contributed by atoms with van der Waals surface area (Å²) in [5.74, 6) is -0.200. The van der Waals surface area contributed by atoms with Crippen LogP contribution in [0.2, 0.25) is 0 Å². The molecule has 0 aliphatic rings. The topological polar surface area (TPSA) is 70.4 Å². The van der Waals surface area contributed by atoms with Gasteiger partial charge in [0.2, 0.25) is 5.78 Å². The molecule has 5 nitrogen and oxygen atoms in total. The quantitative estimate of drug-likeness (QED) is 0.761. The Bertz CT molecular complexity index is 729. The minimum Gasteiger partial charge on any atom is -0.481 e. The molecule has 2 N–H and O–H groups in total. The lowest BCUT2D eigenvalue weighted by Gasteiger charge is -1.92. The van der Waals surface area contributed by atoms with E-state index in [1.165, 1.54) is 0 Å². The van der Waals surface area contributed by atoms with E-state index >= 15 is 0 Å². The van der Waals surface area contributed by atoms with Crippen LogP contribution in [0.3, 0.4) is 0 Å². The van der Waals surface area contributed by atoms with E-state index in [-0.39, 0.29) is 6.42 Å². The summed E-state index contributed by atoms with van der Waals surface area (Å²) >= 11 is 3.40. The molecule has 0 radical (unpaired) electrons. The van der Waals surface area contributed by atoms with Gasteiger partial charge in [0.25, 0.3) is 0 Å². The lowest BCUT2D eigenvalue weighted by Crippen LogP contribution is -1.99. The Balaban J connectivity index is 2.23. The first-order chi connectivity index (χ1) is 8.13. The Hall–Kier alpha value is -1.82. The highest BCUT2D eigenvalue weighted by atomic mass is 79.9. The SMILES string of the molecule is O=C(O)Cc1cn2c(nc3ccc(Br)cc32)[nH]1. The average molecular weight is 294 g/mol. The van der Waals surface area contributed by atoms with Crippen LogP contribution in [0.25, 0.3) is 16.8 Å². The summed E-state index contributed by atoms with van der Waals surface area (Å²) < 4.78 is 2.83. The van der Waals surface area contributed by atoms with Crippen LogP contribution in [-0.4, -0.2) is 25.4 Å². The number of fused-ring (bicyclic) bond motifs is 3. The molecule has 0 saturated carbocycles. The van der Waals surface area contributed by atoms with Crippen molar-refractivity contribution in [1.29, 1.82) is 0 Å². The number of carboxylic acid groups (broad SMARTS) is 1. The molecular formula is C11H8BrN3O2. The number of hydrogen-bond donors (Lipinski definition) is 2. The maximum atomic E-state index is 10.6. The largest absolute Gasteiger partial charge is 0.481 e. The summed E-state index contributed by atoms with van der Waals surface area (Å²) in [6, 6.07) is 5.79. The zero-order chi connectivity index (χ0) is 12.0. The first kappa shape index (κ1) is 10.3. The third kappa shape index (κ3) is 1.70. The molecule has 0 aliphatic heterocycles. The van der Waals surface area contributed by atoms with Crippen molar-refractivity contribution in [3.63, 3.8) is 0 Å². The first-order valence-electron chi connectivity index (χ1n) is 5.00. The van der Waals surface area contributed by atoms with Crippen LogP contribution in [0.15, 0.2) is 28.9 Å². The number of halogens is 1. The Morgan fingerprint density at radius 3 is 3.12 bits per heavy atom. The number of aromatic nitrogens is 3. The predicted octanol–water partition coefficient (Wildman–Crippen LogP) is 2.21. The predicted molar refractivity (Wildman–Crippen MR) is 66.1 cm³/mol. The highest BCUT2D eigenvalue weighted by Crippen LogP contribution is 2.21. The van der Waals surface area contributed by atoms with Crippen molar-refractivity contribution in [2.45, 2.75) is 6.42 Å². The minimum atomic E-state index is -0.861. The van der Waals surface area contributed by atoms with Crippen LogP contribution < -0.4 is 0 Å². The summed E-state index contributed by atoms with van der Waals surface area (Å²) in [6.07, 6.45) is 1.74. The molecule has 0 aliphatic carbocycles. The smallest absolute Gasteiger partial charge is 0.309 e. The molecule has 0 spiro atoms. The molecule has 0 bridgehead atoms. The molecule has 1 aromatic carbocycles. The molecule has 3 rings (SSSR count). The van der Waals surface area contributed by atoms with E-state index in [0.717, 1.165) is 15.5 Å². The number of H-pyrrole nitrogens is 1. The Morgan fingerprint density at radius 1 is 1.53 bits per heavy atom. The van der Waals surface area contributed by atoms with Gasteiger partial charge in [0.1, 0.15) is 0 Å². The maximum absolute atomic E-state index is 10.6. The van der Waals surface area contributed by atoms with Crippen molar-refractivity contribution in [3.8, 4) is 0 Å². The Kier molecular flexibility index (Phi) is 2.19. The molecule has 0 amide bonds. The molecule has 2 heterocycles. The number of hydrogen-bond acceptors (Lipinski definition) is 2. The van der Waals surface area contributed by atoms with Gasteiger partial charge in [-0.15, -0.1) is 0 Å². The third-order valence-electron chi connectivity index (χ3n) is 2.55. The van der Waals surface area contributed by atoms with Gasteiger partial charge in [0, 0.05) is 16.4 Å². The average Bonchev–Trinajstić information content (AvgIpc) is 2.74. The summed E-state index contributed by atoms with van der Waals surface area (Å²) in [4.78, 5) is 18.0. The van der Waals surface area contributed by atoms with Crippen LogP contribution in [-0.2, 0) is 11.2 Å². The van der Waals surface area contributed by atoms with Crippen molar-refractivity contribution >= 4 is 38.7 Å². The number of benzene rings is 1. The van der Waals surface area contributed by atoms with Gasteiger partial charge in [0.05, 0.1) is 17.5 Å². The van der Waals surface area contributed by atoms with E-state index in [1.807, 2.05) is 22.6 Å². The van der Waals surface area contributed by atoms with Gasteiger partial charge in [-0.3, -0.25) is 9.20 Å². The van der Waals surface area contributed by atoms with Gasteiger partial charge < -0.3 is 10.1 Å². The van der Waals surface area contributed by atoms with Crippen molar-refractivity contribution in [2.75, 3.05) is 0 Å². The molecule has 0 atom stereocenters. The number of carboxylic acids is 1. The molecule has 86 valence electrons. The number of aliphatic carboxylic acids is 1. The van der Waals surface area contributed by atoms with Crippen molar-refractivity contribution in [3.05, 3.63) is 34.6 Å². The van der Waals surface area contributed by atoms with Gasteiger partial charge >= 0.3 is 5.97 Å². The van der Waals surface area contributed by atoms with Crippen molar-refractivity contribution in [1.82, 2.24) is 14.4 Å². The van der Waals surface area contributed by atoms with Crippen LogP contribution in [0.1, 0.15) is 5.69 Å². The van der Waals surface area contributed by atoms with E-state index in [2.05, 4.69) is 25.9 Å². The number of imidazole rings is 2. The van der Waals surface area contributed by atoms with Crippen LogP contribution in [0, 0.1) is 0 Å². The number of nitrogens with one attached hydrogen (secondary N) is 1. The first-order valence-corrected chi connectivity index (χ1v) is 5.80. The van der Waals surface area contributed by atoms with E-state index in [9.17, 15) is 4.79 Å². The fourth-order valence-corrected chi connectivity index (χ4v) is 2.22. The lowest BCUT2D eigenvalue weighted by atomic mass is 10.3. The van der Waals surface area contributed by atoms with Crippen LogP contribution in [0.5, 0.6) is 0 Å². The molecule has 17 heavy (non-hydrogen) atoms. The molecule has 0 saturated heterocycles. The summed E-state index contributed by atoms with van der Waals surface area (Å²) in [5.41, 5.74) is 2.46. The van der Waals surface area contributed by atoms with Gasteiger partial charge in [0.15, 0.2) is 0 Å². The molecule has 0 fully saturated rings. The summed E-state index contributed by atoms with van der Waals surface area (Å²) in [6.45, 7) is 0. The van der Waals surface area contributed by atoms with E-state index in [0.29, 0.717) is 11.5 Å². The van der Waals surface area contributed by atoms with Gasteiger partial charge in [-0.05, 0) is 18.2 Å². The number of rotatable bonds is 2. The highest BCUT2D eigenvalue weighted by Gasteiger charge is 2.10. The zero-order valence-corrected chi connectivity index (χ0v) is 10.2. The summed E-state index contributed by atoms with van der Waals surface area (Å²) in [5, 5.41) is 8.73. The minimum absolute atomic E-state index is 0.0289. The third-order valence-corrected chi connectivity index (χ3v) is 3.04. The normalized spacial score (nSPS) is 11.4. The number of aromatic amines is 1. The highest BCUT2D eigenvalue weighted by molar-refractivity contribution is 9.10. The van der Waals surface area contributed by atoms with E-state index in [1.54, 1.807) is 6.20 Å². The van der Waals surface area contributed by atoms with Gasteiger partial charge in [-0.25, -0.2) is 4.98 Å². The molecular weight excluding hydrogens is 286 g/mol. The lowest BCUT2D eigenvalue weighted by molar-refractivity contribution is -0.136. The van der Waals surface area contributed by atoms with Gasteiger partial charge in [-0.2, -0.15) is 0 Å². The molecule has 3 aromatic rings. The second-order valence-corrected chi connectivity index (χ2v) is 4.70. The molecule has 6 heteroatoms. The standard InChI is InChI=1S/C11H8BrN3O2/c12-6-1-2-8-9(3-6)15-5-7(4-10(16)17)13-11(15)14-8/h1-3,5H,4H2,(H,13,14)(H,16,17). The summed E-state index contributed by atoms with van der Waals surface area (Å²) in [7, 11) is 0. The number of carbonyl (C=O) groups is 1. The zero-order valence-electron chi connectivity index (χ0n) is 8.64. The van der Waals surface area contributed by atoms with Crippen molar-refractivity contribution < 1.29 is 9.90 Å². The van der Waals surface area contributed by atoms with Crippen LogP contribution in [0.4, 0.5) is 0 Å². The monoisotopic (exact) mass is 293 g/mol. The Labute approximate surface area is 104 Å². The van der Waals surface area contributed by atoms with E-state index in [4.69, 9.17) is 5.11 Å². The van der Waals surface area contributed by atoms with E-state index < -0.39 is 5.97 Å². The Morgan fingerprint density at radius 2 is 2.35 bits per heavy atom. The second kappa shape index (κ2) is 3.59. The fraction of sp³-hybridized carbons (Fsp3) is 0.0909.